The van der Waals surface area contributed by atoms with Crippen molar-refractivity contribution in [1.82, 2.24) is 0 Å². The Hall–Kier alpha value is -0.580. The third-order valence-electron chi connectivity index (χ3n) is 3.41. The molecule has 100 valence electrons. The number of halogens is 1. The predicted molar refractivity (Wildman–Crippen MR) is 75.8 cm³/mol. The lowest BCUT2D eigenvalue weighted by atomic mass is 9.99. The minimum atomic E-state index is 0.00153. The second kappa shape index (κ2) is 6.55. The van der Waals surface area contributed by atoms with Gasteiger partial charge < -0.3 is 15.2 Å². The van der Waals surface area contributed by atoms with E-state index in [0.29, 0.717) is 6.10 Å². The van der Waals surface area contributed by atoms with E-state index >= 15 is 0 Å². The van der Waals surface area contributed by atoms with Gasteiger partial charge in [0.25, 0.3) is 0 Å². The van der Waals surface area contributed by atoms with Crippen LogP contribution in [0.1, 0.15) is 37.3 Å². The molecule has 2 N–H and O–H groups in total. The van der Waals surface area contributed by atoms with E-state index in [-0.39, 0.29) is 6.04 Å². The molecule has 2 atom stereocenters. The first-order valence-corrected chi connectivity index (χ1v) is 7.20. The van der Waals surface area contributed by atoms with Gasteiger partial charge in [-0.3, -0.25) is 0 Å². The maximum absolute atomic E-state index is 6.26. The Kier molecular flexibility index (Phi) is 5.03. The number of hydrogen-bond donors (Lipinski definition) is 1. The van der Waals surface area contributed by atoms with Gasteiger partial charge in [0.05, 0.1) is 13.2 Å². The summed E-state index contributed by atoms with van der Waals surface area (Å²) >= 11 is 3.48. The number of benzene rings is 1. The van der Waals surface area contributed by atoms with E-state index in [1.165, 1.54) is 12.8 Å². The molecule has 1 aliphatic rings. The first kappa shape index (κ1) is 13.8. The van der Waals surface area contributed by atoms with Crippen LogP contribution in [0.25, 0.3) is 0 Å². The SMILES string of the molecule is COc1ccc(Br)cc1C(N)CCC1CCCO1. The van der Waals surface area contributed by atoms with Gasteiger partial charge in [-0.05, 0) is 43.9 Å². The highest BCUT2D eigenvalue weighted by molar-refractivity contribution is 9.10. The van der Waals surface area contributed by atoms with E-state index in [1.807, 2.05) is 18.2 Å². The molecule has 1 aromatic rings. The molecule has 0 aliphatic carbocycles. The van der Waals surface area contributed by atoms with Crippen LogP contribution >= 0.6 is 15.9 Å². The van der Waals surface area contributed by atoms with Gasteiger partial charge in [0.2, 0.25) is 0 Å². The molecule has 1 aromatic carbocycles. The highest BCUT2D eigenvalue weighted by Crippen LogP contribution is 2.30. The fourth-order valence-corrected chi connectivity index (χ4v) is 2.77. The third kappa shape index (κ3) is 3.46. The standard InChI is InChI=1S/C14H20BrNO2/c1-17-14-7-4-10(15)9-12(14)13(16)6-5-11-3-2-8-18-11/h4,7,9,11,13H,2-3,5-6,8,16H2,1H3. The van der Waals surface area contributed by atoms with Crippen molar-refractivity contribution in [1.29, 1.82) is 0 Å². The Morgan fingerprint density at radius 1 is 1.56 bits per heavy atom. The fraction of sp³-hybridized carbons (Fsp3) is 0.571. The summed E-state index contributed by atoms with van der Waals surface area (Å²) in [6.45, 7) is 0.903. The van der Waals surface area contributed by atoms with Crippen LogP contribution in [-0.4, -0.2) is 19.8 Å². The highest BCUT2D eigenvalue weighted by Gasteiger charge is 2.18. The van der Waals surface area contributed by atoms with Crippen LogP contribution < -0.4 is 10.5 Å². The Morgan fingerprint density at radius 2 is 2.39 bits per heavy atom. The first-order valence-electron chi connectivity index (χ1n) is 6.41. The Morgan fingerprint density at radius 3 is 3.06 bits per heavy atom. The number of hydrogen-bond acceptors (Lipinski definition) is 3. The van der Waals surface area contributed by atoms with Crippen molar-refractivity contribution in [3.8, 4) is 5.75 Å². The lowest BCUT2D eigenvalue weighted by molar-refractivity contribution is 0.101. The summed E-state index contributed by atoms with van der Waals surface area (Å²) in [6, 6.07) is 5.96. The Bertz CT molecular complexity index is 391. The van der Waals surface area contributed by atoms with E-state index in [9.17, 15) is 0 Å². The number of ether oxygens (including phenoxy) is 2. The summed E-state index contributed by atoms with van der Waals surface area (Å²) in [4.78, 5) is 0. The zero-order valence-corrected chi connectivity index (χ0v) is 12.3. The minimum Gasteiger partial charge on any atom is -0.496 e. The van der Waals surface area contributed by atoms with Crippen molar-refractivity contribution in [2.75, 3.05) is 13.7 Å². The van der Waals surface area contributed by atoms with Gasteiger partial charge in [-0.2, -0.15) is 0 Å². The van der Waals surface area contributed by atoms with Crippen molar-refractivity contribution in [3.63, 3.8) is 0 Å². The maximum atomic E-state index is 6.26. The topological polar surface area (TPSA) is 44.5 Å². The first-order chi connectivity index (χ1) is 8.70. The minimum absolute atomic E-state index is 0.00153. The molecule has 3 nitrogen and oxygen atoms in total. The molecule has 0 aromatic heterocycles. The second-order valence-corrected chi connectivity index (χ2v) is 5.62. The molecule has 0 saturated carbocycles. The molecular weight excluding hydrogens is 294 g/mol. The van der Waals surface area contributed by atoms with Gasteiger partial charge in [0.15, 0.2) is 0 Å². The average molecular weight is 314 g/mol. The summed E-state index contributed by atoms with van der Waals surface area (Å²) in [5.41, 5.74) is 7.32. The highest BCUT2D eigenvalue weighted by atomic mass is 79.9. The van der Waals surface area contributed by atoms with E-state index in [1.54, 1.807) is 7.11 Å². The average Bonchev–Trinajstić information content (AvgIpc) is 2.89. The molecule has 1 saturated heterocycles. The van der Waals surface area contributed by atoms with Crippen molar-refractivity contribution in [2.24, 2.45) is 5.73 Å². The molecule has 0 amide bonds. The van der Waals surface area contributed by atoms with Gasteiger partial charge in [-0.15, -0.1) is 0 Å². The second-order valence-electron chi connectivity index (χ2n) is 4.71. The van der Waals surface area contributed by atoms with Gasteiger partial charge in [0, 0.05) is 22.7 Å². The van der Waals surface area contributed by atoms with Crippen LogP contribution in [0.5, 0.6) is 5.75 Å². The molecule has 0 radical (unpaired) electrons. The number of methoxy groups -OCH3 is 1. The molecule has 2 unspecified atom stereocenters. The van der Waals surface area contributed by atoms with E-state index in [0.717, 1.165) is 35.2 Å². The molecule has 1 fully saturated rings. The quantitative estimate of drug-likeness (QED) is 0.906. The maximum Gasteiger partial charge on any atom is 0.123 e. The molecule has 4 heteroatoms. The van der Waals surface area contributed by atoms with Crippen LogP contribution in [-0.2, 0) is 4.74 Å². The smallest absolute Gasteiger partial charge is 0.123 e. The van der Waals surface area contributed by atoms with Crippen LogP contribution in [0.15, 0.2) is 22.7 Å². The summed E-state index contributed by atoms with van der Waals surface area (Å²) in [6.07, 6.45) is 4.70. The molecule has 0 spiro atoms. The molecule has 2 rings (SSSR count). The number of rotatable bonds is 5. The van der Waals surface area contributed by atoms with Crippen LogP contribution in [0, 0.1) is 0 Å². The molecule has 0 bridgehead atoms. The van der Waals surface area contributed by atoms with Gasteiger partial charge >= 0.3 is 0 Å². The Labute approximate surface area is 117 Å². The molecule has 1 aliphatic heterocycles. The van der Waals surface area contributed by atoms with Crippen molar-refractivity contribution in [2.45, 2.75) is 37.8 Å². The van der Waals surface area contributed by atoms with Crippen LogP contribution in [0.2, 0.25) is 0 Å². The monoisotopic (exact) mass is 313 g/mol. The molecular formula is C14H20BrNO2. The summed E-state index contributed by atoms with van der Waals surface area (Å²) in [5, 5.41) is 0. The van der Waals surface area contributed by atoms with E-state index in [2.05, 4.69) is 15.9 Å². The van der Waals surface area contributed by atoms with Gasteiger partial charge in [-0.1, -0.05) is 15.9 Å². The Balaban J connectivity index is 1.98. The summed E-state index contributed by atoms with van der Waals surface area (Å²) < 4.78 is 12.0. The zero-order chi connectivity index (χ0) is 13.0. The molecule has 18 heavy (non-hydrogen) atoms. The summed E-state index contributed by atoms with van der Waals surface area (Å²) in [5.74, 6) is 0.859. The third-order valence-corrected chi connectivity index (χ3v) is 3.91. The van der Waals surface area contributed by atoms with Crippen molar-refractivity contribution in [3.05, 3.63) is 28.2 Å². The van der Waals surface area contributed by atoms with Gasteiger partial charge in [0.1, 0.15) is 5.75 Å². The number of nitrogens with two attached hydrogens (primary N) is 1. The van der Waals surface area contributed by atoms with Gasteiger partial charge in [-0.25, -0.2) is 0 Å². The van der Waals surface area contributed by atoms with Crippen LogP contribution in [0.3, 0.4) is 0 Å². The predicted octanol–water partition coefficient (Wildman–Crippen LogP) is 3.42. The lowest BCUT2D eigenvalue weighted by Crippen LogP contribution is -2.15. The summed E-state index contributed by atoms with van der Waals surface area (Å²) in [7, 11) is 1.68. The van der Waals surface area contributed by atoms with Crippen molar-refractivity contribution >= 4 is 15.9 Å². The fourth-order valence-electron chi connectivity index (χ4n) is 2.39. The van der Waals surface area contributed by atoms with Crippen LogP contribution in [0.4, 0.5) is 0 Å². The van der Waals surface area contributed by atoms with Crippen molar-refractivity contribution < 1.29 is 9.47 Å². The largest absolute Gasteiger partial charge is 0.496 e. The zero-order valence-electron chi connectivity index (χ0n) is 10.7. The lowest BCUT2D eigenvalue weighted by Gasteiger charge is -2.18. The van der Waals surface area contributed by atoms with E-state index in [4.69, 9.17) is 15.2 Å². The normalized spacial score (nSPS) is 20.9. The molecule has 1 heterocycles. The van der Waals surface area contributed by atoms with E-state index < -0.39 is 0 Å².